The molecule has 2 heteroatoms. The molecule has 0 radical (unpaired) electrons. The summed E-state index contributed by atoms with van der Waals surface area (Å²) in [5.74, 6) is 0. The number of anilines is 6. The molecule has 2 aliphatic carbocycles. The van der Waals surface area contributed by atoms with Crippen LogP contribution < -0.4 is 9.80 Å². The Kier molecular flexibility index (Phi) is 11.7. The first kappa shape index (κ1) is 48.2. The van der Waals surface area contributed by atoms with Crippen LogP contribution in [0.1, 0.15) is 66.6 Å². The van der Waals surface area contributed by atoms with Crippen molar-refractivity contribution in [3.63, 3.8) is 0 Å². The molecule has 0 saturated heterocycles. The van der Waals surface area contributed by atoms with Crippen molar-refractivity contribution >= 4 is 63.1 Å². The van der Waals surface area contributed by atoms with Gasteiger partial charge in [0, 0.05) is 44.7 Å². The van der Waals surface area contributed by atoms with Gasteiger partial charge >= 0.3 is 0 Å². The van der Waals surface area contributed by atoms with E-state index in [0.717, 1.165) is 84.2 Å². The number of rotatable bonds is 12. The minimum absolute atomic E-state index is 0.255. The van der Waals surface area contributed by atoms with E-state index in [4.69, 9.17) is 0 Å². The van der Waals surface area contributed by atoms with E-state index in [1.807, 2.05) is 18.2 Å². The van der Waals surface area contributed by atoms with Gasteiger partial charge < -0.3 is 9.80 Å². The lowest BCUT2D eigenvalue weighted by Crippen LogP contribution is -2.18. The third-order valence-electron chi connectivity index (χ3n) is 16.7. The molecule has 0 atom stereocenters. The lowest BCUT2D eigenvalue weighted by atomic mass is 9.79. The first-order valence-corrected chi connectivity index (χ1v) is 27.1. The van der Waals surface area contributed by atoms with Crippen LogP contribution in [-0.4, -0.2) is 0 Å². The molecule has 0 saturated carbocycles. The molecule has 374 valence electrons. The molecule has 11 aromatic carbocycles. The molecule has 0 aromatic heterocycles. The minimum atomic E-state index is -0.304. The summed E-state index contributed by atoms with van der Waals surface area (Å²) < 4.78 is 0. The maximum Gasteiger partial charge on any atom is 0.0543 e. The molecule has 78 heavy (non-hydrogen) atoms. The van der Waals surface area contributed by atoms with Crippen LogP contribution in [0.25, 0.3) is 84.6 Å². The standard InChI is InChI=1S/C76H60N2/c1-8-50-28-34-53(35-29-50)56-42-57(54-36-30-51(9-2)31-37-54)44-58(43-56)55-20-19-25-62(45-55)78(60-23-15-12-16-24-60)73-49-72-74(66-27-18-17-26-65(66)73)68-48-70-67(47-71(68)76(72,6)7)64-41-40-63(46-69(64)75(70,4)5)77(59-21-13-11-14-22-59)61-38-32-52(10-3)33-39-61/h8-49H,1-3H2,4-7H3. The molecule has 0 amide bonds. The average molecular weight is 1000 g/mol. The van der Waals surface area contributed by atoms with Gasteiger partial charge in [0.05, 0.1) is 5.69 Å². The second-order valence-electron chi connectivity index (χ2n) is 21.9. The normalized spacial score (nSPS) is 13.2. The second-order valence-corrected chi connectivity index (χ2v) is 21.9. The van der Waals surface area contributed by atoms with Gasteiger partial charge in [-0.2, -0.15) is 0 Å². The average Bonchev–Trinajstić information content (AvgIpc) is 4.11. The van der Waals surface area contributed by atoms with Gasteiger partial charge in [-0.3, -0.25) is 0 Å². The van der Waals surface area contributed by atoms with Crippen LogP contribution in [0.5, 0.6) is 0 Å². The van der Waals surface area contributed by atoms with Crippen molar-refractivity contribution < 1.29 is 0 Å². The highest BCUT2D eigenvalue weighted by Gasteiger charge is 2.43. The van der Waals surface area contributed by atoms with Gasteiger partial charge in [-0.15, -0.1) is 0 Å². The van der Waals surface area contributed by atoms with Crippen molar-refractivity contribution in [1.29, 1.82) is 0 Å². The van der Waals surface area contributed by atoms with E-state index < -0.39 is 0 Å². The molecule has 2 nitrogen and oxygen atoms in total. The van der Waals surface area contributed by atoms with Crippen molar-refractivity contribution in [1.82, 2.24) is 0 Å². The van der Waals surface area contributed by atoms with E-state index in [-0.39, 0.29) is 10.8 Å². The van der Waals surface area contributed by atoms with E-state index in [1.54, 1.807) is 0 Å². The summed E-state index contributed by atoms with van der Waals surface area (Å²) in [5, 5.41) is 2.46. The maximum absolute atomic E-state index is 4.01. The lowest BCUT2D eigenvalue weighted by molar-refractivity contribution is 0.652. The summed E-state index contributed by atoms with van der Waals surface area (Å²) in [7, 11) is 0. The number of nitrogens with zero attached hydrogens (tertiary/aromatic N) is 2. The largest absolute Gasteiger partial charge is 0.310 e. The first-order chi connectivity index (χ1) is 38.0. The summed E-state index contributed by atoms with van der Waals surface area (Å²) in [4.78, 5) is 4.84. The quantitative estimate of drug-likeness (QED) is 0.120. The number of benzene rings is 11. The summed E-state index contributed by atoms with van der Waals surface area (Å²) in [5.41, 5.74) is 27.1. The third-order valence-corrected chi connectivity index (χ3v) is 16.7. The summed E-state index contributed by atoms with van der Waals surface area (Å²) in [6, 6.07) is 87.4. The highest BCUT2D eigenvalue weighted by molar-refractivity contribution is 6.11. The van der Waals surface area contributed by atoms with Gasteiger partial charge in [-0.25, -0.2) is 0 Å². The zero-order valence-corrected chi connectivity index (χ0v) is 44.8. The molecule has 0 aliphatic heterocycles. The molecular weight excluding hydrogens is 941 g/mol. The number of fused-ring (bicyclic) bond motifs is 8. The fraction of sp³-hybridized carbons (Fsp3) is 0.0789. The molecule has 0 bridgehead atoms. The number of para-hydroxylation sites is 2. The Labute approximate surface area is 459 Å². The van der Waals surface area contributed by atoms with Gasteiger partial charge in [0.1, 0.15) is 0 Å². The zero-order chi connectivity index (χ0) is 53.3. The van der Waals surface area contributed by atoms with Crippen LogP contribution in [0.2, 0.25) is 0 Å². The van der Waals surface area contributed by atoms with Crippen LogP contribution in [-0.2, 0) is 10.8 Å². The minimum Gasteiger partial charge on any atom is -0.310 e. The topological polar surface area (TPSA) is 6.48 Å². The van der Waals surface area contributed by atoms with E-state index >= 15 is 0 Å². The van der Waals surface area contributed by atoms with E-state index in [2.05, 4.69) is 294 Å². The Morgan fingerprint density at radius 3 is 1.32 bits per heavy atom. The molecule has 2 aliphatic rings. The molecule has 11 aromatic rings. The number of hydrogen-bond acceptors (Lipinski definition) is 2. The first-order valence-electron chi connectivity index (χ1n) is 27.1. The van der Waals surface area contributed by atoms with Crippen LogP contribution in [0, 0.1) is 0 Å². The third kappa shape index (κ3) is 8.03. The summed E-state index contributed by atoms with van der Waals surface area (Å²) >= 11 is 0. The molecular formula is C76H60N2. The molecule has 0 unspecified atom stereocenters. The Morgan fingerprint density at radius 2 is 0.731 bits per heavy atom. The van der Waals surface area contributed by atoms with Gasteiger partial charge in [0.25, 0.3) is 0 Å². The van der Waals surface area contributed by atoms with Crippen LogP contribution in [0.4, 0.5) is 34.1 Å². The fourth-order valence-corrected chi connectivity index (χ4v) is 12.5. The second kappa shape index (κ2) is 19.0. The summed E-state index contributed by atoms with van der Waals surface area (Å²) in [6.07, 6.45) is 5.69. The van der Waals surface area contributed by atoms with Crippen molar-refractivity contribution in [2.45, 2.75) is 38.5 Å². The predicted octanol–water partition coefficient (Wildman–Crippen LogP) is 21.3. The number of hydrogen-bond donors (Lipinski definition) is 0. The van der Waals surface area contributed by atoms with Crippen molar-refractivity contribution in [3.05, 3.63) is 295 Å². The highest BCUT2D eigenvalue weighted by Crippen LogP contribution is 2.59. The smallest absolute Gasteiger partial charge is 0.0543 e. The molecule has 0 fully saturated rings. The summed E-state index contributed by atoms with van der Waals surface area (Å²) in [6.45, 7) is 21.7. The van der Waals surface area contributed by atoms with Gasteiger partial charge in [0.2, 0.25) is 0 Å². The fourth-order valence-electron chi connectivity index (χ4n) is 12.5. The molecule has 0 spiro atoms. The lowest BCUT2D eigenvalue weighted by Gasteiger charge is -2.30. The van der Waals surface area contributed by atoms with E-state index in [1.165, 1.54) is 55.3 Å². The Balaban J connectivity index is 0.935. The molecule has 13 rings (SSSR count). The Morgan fingerprint density at radius 1 is 0.295 bits per heavy atom. The van der Waals surface area contributed by atoms with Gasteiger partial charge in [-0.1, -0.05) is 205 Å². The van der Waals surface area contributed by atoms with Crippen LogP contribution >= 0.6 is 0 Å². The molecule has 0 heterocycles. The maximum atomic E-state index is 4.01. The van der Waals surface area contributed by atoms with Gasteiger partial charge in [-0.05, 0) is 197 Å². The van der Waals surface area contributed by atoms with Crippen molar-refractivity contribution in [2.24, 2.45) is 0 Å². The van der Waals surface area contributed by atoms with Crippen LogP contribution in [0.15, 0.2) is 256 Å². The SMILES string of the molecule is C=Cc1ccc(-c2cc(-c3ccc(C=C)cc3)cc(-c3cccc(N(c4ccccc4)c4cc5c(c6ccccc46)-c4cc6c(cc4C5(C)C)-c4ccc(N(c5ccccc5)c5ccc(C=C)cc5)cc4C6(C)C)c3)c2)cc1. The van der Waals surface area contributed by atoms with Crippen LogP contribution in [0.3, 0.4) is 0 Å². The highest BCUT2D eigenvalue weighted by atomic mass is 15.1. The van der Waals surface area contributed by atoms with Gasteiger partial charge in [0.15, 0.2) is 0 Å². The van der Waals surface area contributed by atoms with Crippen molar-refractivity contribution in [2.75, 3.05) is 9.80 Å². The molecule has 0 N–H and O–H groups in total. The Hall–Kier alpha value is -9.50. The van der Waals surface area contributed by atoms with Crippen molar-refractivity contribution in [3.8, 4) is 55.6 Å². The zero-order valence-electron chi connectivity index (χ0n) is 44.8. The monoisotopic (exact) mass is 1000 g/mol. The van der Waals surface area contributed by atoms with E-state index in [0.29, 0.717) is 0 Å². The van der Waals surface area contributed by atoms with E-state index in [9.17, 15) is 0 Å². The predicted molar refractivity (Wildman–Crippen MR) is 335 cm³/mol. The Bertz CT molecular complexity index is 4090.